The molecule has 76 valence electrons. The van der Waals surface area contributed by atoms with Crippen LogP contribution in [0.15, 0.2) is 24.4 Å². The molecule has 1 aliphatic carbocycles. The van der Waals surface area contributed by atoms with E-state index in [0.29, 0.717) is 0 Å². The molecule has 2 heteroatoms. The minimum Gasteiger partial charge on any atom is -0.388 e. The first kappa shape index (κ1) is 9.53. The van der Waals surface area contributed by atoms with Gasteiger partial charge >= 0.3 is 0 Å². The van der Waals surface area contributed by atoms with Crippen LogP contribution in [0, 0.1) is 0 Å². The lowest BCUT2D eigenvalue weighted by molar-refractivity contribution is 0.155. The first-order chi connectivity index (χ1) is 6.68. The van der Waals surface area contributed by atoms with Crippen LogP contribution in [0.3, 0.4) is 0 Å². The summed E-state index contributed by atoms with van der Waals surface area (Å²) in [5.41, 5.74) is 3.58. The maximum absolute atomic E-state index is 9.77. The lowest BCUT2D eigenvalue weighted by Gasteiger charge is -2.20. The van der Waals surface area contributed by atoms with E-state index in [1.165, 1.54) is 5.69 Å². The summed E-state index contributed by atoms with van der Waals surface area (Å²) >= 11 is 0. The van der Waals surface area contributed by atoms with Crippen molar-refractivity contribution in [1.29, 1.82) is 0 Å². The fourth-order valence-corrected chi connectivity index (χ4v) is 2.17. The van der Waals surface area contributed by atoms with E-state index in [4.69, 9.17) is 0 Å². The quantitative estimate of drug-likeness (QED) is 0.714. The Balaban J connectivity index is 2.31. The van der Waals surface area contributed by atoms with Gasteiger partial charge in [-0.25, -0.2) is 0 Å². The molecule has 1 aromatic heterocycles. The van der Waals surface area contributed by atoms with Gasteiger partial charge in [0.25, 0.3) is 0 Å². The Kier molecular flexibility index (Phi) is 2.46. The summed E-state index contributed by atoms with van der Waals surface area (Å²) in [6.45, 7) is 6.83. The van der Waals surface area contributed by atoms with Crippen molar-refractivity contribution in [2.24, 2.45) is 0 Å². The van der Waals surface area contributed by atoms with Gasteiger partial charge in [-0.1, -0.05) is 12.2 Å². The van der Waals surface area contributed by atoms with Crippen LogP contribution in [0.2, 0.25) is 0 Å². The number of fused-ring (bicyclic) bond motifs is 1. The van der Waals surface area contributed by atoms with Crippen molar-refractivity contribution in [1.82, 2.24) is 4.57 Å². The molecule has 0 aromatic carbocycles. The molecule has 1 heterocycles. The van der Waals surface area contributed by atoms with Gasteiger partial charge in [0.15, 0.2) is 0 Å². The van der Waals surface area contributed by atoms with Crippen molar-refractivity contribution in [2.75, 3.05) is 0 Å². The first-order valence-electron chi connectivity index (χ1n) is 5.19. The lowest BCUT2D eigenvalue weighted by Crippen LogP contribution is -2.12. The highest BCUT2D eigenvalue weighted by molar-refractivity contribution is 5.27. The lowest BCUT2D eigenvalue weighted by atomic mass is 9.95. The van der Waals surface area contributed by atoms with E-state index in [9.17, 15) is 5.11 Å². The van der Waals surface area contributed by atoms with Gasteiger partial charge < -0.3 is 9.67 Å². The summed E-state index contributed by atoms with van der Waals surface area (Å²) in [7, 11) is 0. The van der Waals surface area contributed by atoms with Gasteiger partial charge in [-0.15, -0.1) is 0 Å². The molecule has 0 aliphatic heterocycles. The predicted molar refractivity (Wildman–Crippen MR) is 57.1 cm³/mol. The second kappa shape index (κ2) is 3.62. The van der Waals surface area contributed by atoms with E-state index < -0.39 is 0 Å². The minimum absolute atomic E-state index is 0.245. The standard InChI is InChI=1S/C12H17NO/c1-9(2)8-13-7-6-10-11(13)4-3-5-12(10)14/h6-7,12,14H,1,3-5,8H2,2H3. The van der Waals surface area contributed by atoms with Gasteiger partial charge in [-0.2, -0.15) is 0 Å². The molecule has 1 N–H and O–H groups in total. The summed E-state index contributed by atoms with van der Waals surface area (Å²) < 4.78 is 2.21. The van der Waals surface area contributed by atoms with Crippen molar-refractivity contribution in [3.8, 4) is 0 Å². The Labute approximate surface area is 84.9 Å². The molecule has 0 fully saturated rings. The Morgan fingerprint density at radius 3 is 3.21 bits per heavy atom. The van der Waals surface area contributed by atoms with Gasteiger partial charge in [0.2, 0.25) is 0 Å². The zero-order valence-corrected chi connectivity index (χ0v) is 8.66. The Bertz CT molecular complexity index is 351. The van der Waals surface area contributed by atoms with Crippen molar-refractivity contribution in [3.63, 3.8) is 0 Å². The number of hydrogen-bond acceptors (Lipinski definition) is 1. The van der Waals surface area contributed by atoms with Crippen LogP contribution < -0.4 is 0 Å². The molecule has 1 atom stereocenters. The zero-order chi connectivity index (χ0) is 10.1. The number of rotatable bonds is 2. The van der Waals surface area contributed by atoms with E-state index in [2.05, 4.69) is 17.3 Å². The molecule has 0 saturated carbocycles. The molecular weight excluding hydrogens is 174 g/mol. The molecule has 0 bridgehead atoms. The molecule has 0 spiro atoms. The maximum Gasteiger partial charge on any atom is 0.0807 e. The monoisotopic (exact) mass is 191 g/mol. The third kappa shape index (κ3) is 1.62. The molecule has 14 heavy (non-hydrogen) atoms. The van der Waals surface area contributed by atoms with Crippen LogP contribution in [-0.2, 0) is 13.0 Å². The van der Waals surface area contributed by atoms with E-state index in [1.54, 1.807) is 0 Å². The normalized spacial score (nSPS) is 20.6. The van der Waals surface area contributed by atoms with Crippen molar-refractivity contribution < 1.29 is 5.11 Å². The van der Waals surface area contributed by atoms with Gasteiger partial charge in [0, 0.05) is 24.0 Å². The van der Waals surface area contributed by atoms with Crippen molar-refractivity contribution in [3.05, 3.63) is 35.7 Å². The average Bonchev–Trinajstić information content (AvgIpc) is 2.49. The molecule has 2 nitrogen and oxygen atoms in total. The number of hydrogen-bond donors (Lipinski definition) is 1. The Morgan fingerprint density at radius 1 is 1.71 bits per heavy atom. The van der Waals surface area contributed by atoms with E-state index >= 15 is 0 Å². The van der Waals surface area contributed by atoms with E-state index in [1.807, 2.05) is 13.0 Å². The third-order valence-corrected chi connectivity index (χ3v) is 2.80. The van der Waals surface area contributed by atoms with Gasteiger partial charge in [0.05, 0.1) is 6.10 Å². The highest BCUT2D eigenvalue weighted by atomic mass is 16.3. The molecule has 0 amide bonds. The smallest absolute Gasteiger partial charge is 0.0807 e. The summed E-state index contributed by atoms with van der Waals surface area (Å²) in [6.07, 6.45) is 4.91. The molecule has 1 aromatic rings. The summed E-state index contributed by atoms with van der Waals surface area (Å²) in [5.74, 6) is 0. The SMILES string of the molecule is C=C(C)Cn1ccc2c1CCCC2O. The molecular formula is C12H17NO. The first-order valence-corrected chi connectivity index (χ1v) is 5.19. The summed E-state index contributed by atoms with van der Waals surface area (Å²) in [6, 6.07) is 2.04. The van der Waals surface area contributed by atoms with Crippen LogP contribution in [0.25, 0.3) is 0 Å². The van der Waals surface area contributed by atoms with E-state index in [0.717, 1.165) is 36.9 Å². The fraction of sp³-hybridized carbons (Fsp3) is 0.500. The zero-order valence-electron chi connectivity index (χ0n) is 8.66. The van der Waals surface area contributed by atoms with Crippen molar-refractivity contribution >= 4 is 0 Å². The highest BCUT2D eigenvalue weighted by Gasteiger charge is 2.20. The Morgan fingerprint density at radius 2 is 2.50 bits per heavy atom. The van der Waals surface area contributed by atoms with Crippen LogP contribution >= 0.6 is 0 Å². The Hall–Kier alpha value is -1.02. The van der Waals surface area contributed by atoms with Crippen molar-refractivity contribution in [2.45, 2.75) is 38.8 Å². The van der Waals surface area contributed by atoms with Crippen LogP contribution in [0.5, 0.6) is 0 Å². The van der Waals surface area contributed by atoms with E-state index in [-0.39, 0.29) is 6.10 Å². The van der Waals surface area contributed by atoms with Crippen LogP contribution in [-0.4, -0.2) is 9.67 Å². The van der Waals surface area contributed by atoms with Crippen LogP contribution in [0.4, 0.5) is 0 Å². The molecule has 0 saturated heterocycles. The molecule has 2 rings (SSSR count). The number of allylic oxidation sites excluding steroid dienone is 1. The minimum atomic E-state index is -0.245. The molecule has 0 radical (unpaired) electrons. The number of nitrogens with zero attached hydrogens (tertiary/aromatic N) is 1. The second-order valence-electron chi connectivity index (χ2n) is 4.21. The van der Waals surface area contributed by atoms with Gasteiger partial charge in [-0.05, 0) is 32.3 Å². The number of aliphatic hydroxyl groups excluding tert-OH is 1. The number of aromatic nitrogens is 1. The topological polar surface area (TPSA) is 25.2 Å². The average molecular weight is 191 g/mol. The fourth-order valence-electron chi connectivity index (χ4n) is 2.17. The third-order valence-electron chi connectivity index (χ3n) is 2.80. The molecule has 1 unspecified atom stereocenters. The van der Waals surface area contributed by atoms with Crippen LogP contribution in [0.1, 0.15) is 37.1 Å². The largest absolute Gasteiger partial charge is 0.388 e. The maximum atomic E-state index is 9.77. The second-order valence-corrected chi connectivity index (χ2v) is 4.21. The highest BCUT2D eigenvalue weighted by Crippen LogP contribution is 2.30. The van der Waals surface area contributed by atoms with Gasteiger partial charge in [-0.3, -0.25) is 0 Å². The predicted octanol–water partition coefficient (Wildman–Crippen LogP) is 2.43. The summed E-state index contributed by atoms with van der Waals surface area (Å²) in [4.78, 5) is 0. The summed E-state index contributed by atoms with van der Waals surface area (Å²) in [5, 5.41) is 9.77. The number of aliphatic hydroxyl groups is 1. The van der Waals surface area contributed by atoms with Gasteiger partial charge in [0.1, 0.15) is 0 Å². The molecule has 1 aliphatic rings.